The zero-order valence-electron chi connectivity index (χ0n) is 15.0. The summed E-state index contributed by atoms with van der Waals surface area (Å²) in [5.41, 5.74) is 3.77. The van der Waals surface area contributed by atoms with Gasteiger partial charge in [-0.2, -0.15) is 5.26 Å². The van der Waals surface area contributed by atoms with Gasteiger partial charge in [-0.1, -0.05) is 37.6 Å². The molecule has 1 fully saturated rings. The monoisotopic (exact) mass is 335 g/mol. The van der Waals surface area contributed by atoms with Crippen LogP contribution in [0.5, 0.6) is 0 Å². The molecule has 1 aliphatic carbocycles. The lowest BCUT2D eigenvalue weighted by Gasteiger charge is -2.28. The van der Waals surface area contributed by atoms with Crippen LogP contribution in [0.2, 0.25) is 0 Å². The van der Waals surface area contributed by atoms with Crippen molar-refractivity contribution in [3.8, 4) is 6.07 Å². The van der Waals surface area contributed by atoms with Gasteiger partial charge in [-0.15, -0.1) is 0 Å². The van der Waals surface area contributed by atoms with Gasteiger partial charge in [0.2, 0.25) is 0 Å². The summed E-state index contributed by atoms with van der Waals surface area (Å²) in [6.45, 7) is 2.27. The number of rotatable bonds is 5. The van der Waals surface area contributed by atoms with Gasteiger partial charge < -0.3 is 0 Å². The van der Waals surface area contributed by atoms with Crippen molar-refractivity contribution in [2.24, 2.45) is 5.92 Å². The Morgan fingerprint density at radius 3 is 2.32 bits per heavy atom. The Morgan fingerprint density at radius 1 is 1.00 bits per heavy atom. The molecule has 0 saturated heterocycles. The lowest BCUT2D eigenvalue weighted by atomic mass is 9.77. The molecule has 0 radical (unpaired) electrons. The zero-order chi connectivity index (χ0) is 17.6. The third kappa shape index (κ3) is 4.48. The molecule has 0 bridgehead atoms. The summed E-state index contributed by atoms with van der Waals surface area (Å²) in [5.74, 6) is 1.33. The molecule has 2 aromatic rings. The highest BCUT2D eigenvalue weighted by atomic mass is 19.1. The van der Waals surface area contributed by atoms with E-state index in [2.05, 4.69) is 19.1 Å². The van der Waals surface area contributed by atoms with E-state index in [-0.39, 0.29) is 5.82 Å². The van der Waals surface area contributed by atoms with Crippen molar-refractivity contribution in [2.75, 3.05) is 0 Å². The Labute approximate surface area is 150 Å². The molecule has 0 heterocycles. The van der Waals surface area contributed by atoms with Crippen molar-refractivity contribution in [2.45, 2.75) is 57.8 Å². The summed E-state index contributed by atoms with van der Waals surface area (Å²) in [6, 6.07) is 15.5. The van der Waals surface area contributed by atoms with Gasteiger partial charge in [-0.25, -0.2) is 4.39 Å². The lowest BCUT2D eigenvalue weighted by Crippen LogP contribution is -2.13. The first kappa shape index (κ1) is 17.7. The summed E-state index contributed by atoms with van der Waals surface area (Å²) in [7, 11) is 0. The molecule has 0 aliphatic heterocycles. The van der Waals surface area contributed by atoms with Gasteiger partial charge in [-0.3, -0.25) is 0 Å². The van der Waals surface area contributed by atoms with Crippen LogP contribution >= 0.6 is 0 Å². The minimum absolute atomic E-state index is 0.0660. The molecule has 0 amide bonds. The Morgan fingerprint density at radius 2 is 1.72 bits per heavy atom. The fourth-order valence-corrected chi connectivity index (χ4v) is 3.95. The third-order valence-electron chi connectivity index (χ3n) is 5.74. The highest BCUT2D eigenvalue weighted by Gasteiger charge is 2.21. The van der Waals surface area contributed by atoms with Crippen molar-refractivity contribution in [1.29, 1.82) is 5.26 Å². The first-order valence-corrected chi connectivity index (χ1v) is 9.47. The summed E-state index contributed by atoms with van der Waals surface area (Å²) in [6.07, 6.45) is 7.72. The van der Waals surface area contributed by atoms with E-state index in [1.807, 2.05) is 30.3 Å². The number of nitriles is 1. The summed E-state index contributed by atoms with van der Waals surface area (Å²) < 4.78 is 14.5. The molecule has 0 spiro atoms. The van der Waals surface area contributed by atoms with Crippen LogP contribution in [-0.2, 0) is 12.8 Å². The van der Waals surface area contributed by atoms with Crippen LogP contribution in [0, 0.1) is 23.1 Å². The number of nitrogens with zero attached hydrogens (tertiary/aromatic N) is 1. The van der Waals surface area contributed by atoms with Gasteiger partial charge in [-0.05, 0) is 85.3 Å². The molecular weight excluding hydrogens is 309 g/mol. The summed E-state index contributed by atoms with van der Waals surface area (Å²) in [5, 5.41) is 8.84. The van der Waals surface area contributed by atoms with E-state index in [1.165, 1.54) is 37.7 Å². The maximum atomic E-state index is 14.5. The molecule has 0 atom stereocenters. The van der Waals surface area contributed by atoms with Gasteiger partial charge in [0, 0.05) is 0 Å². The molecule has 3 rings (SSSR count). The lowest BCUT2D eigenvalue weighted by molar-refractivity contribution is 0.318. The smallest absolute Gasteiger partial charge is 0.126 e. The molecule has 2 heteroatoms. The maximum Gasteiger partial charge on any atom is 0.126 e. The van der Waals surface area contributed by atoms with Crippen molar-refractivity contribution >= 4 is 0 Å². The zero-order valence-corrected chi connectivity index (χ0v) is 15.0. The van der Waals surface area contributed by atoms with Crippen LogP contribution in [0.4, 0.5) is 4.39 Å². The summed E-state index contributed by atoms with van der Waals surface area (Å²) in [4.78, 5) is 0. The number of aryl methyl sites for hydroxylation is 2. The molecule has 0 unspecified atom stereocenters. The van der Waals surface area contributed by atoms with E-state index in [4.69, 9.17) is 5.26 Å². The van der Waals surface area contributed by atoms with Gasteiger partial charge in [0.15, 0.2) is 0 Å². The minimum Gasteiger partial charge on any atom is -0.207 e. The predicted octanol–water partition coefficient (Wildman–Crippen LogP) is 6.17. The number of benzene rings is 2. The van der Waals surface area contributed by atoms with E-state index in [0.717, 1.165) is 23.5 Å². The maximum absolute atomic E-state index is 14.5. The normalized spacial score (nSPS) is 20.2. The standard InChI is InChI=1S/C23H26FN/c1-2-17-7-10-20(11-8-17)22-14-13-21(23(24)15-22)12-9-18-3-5-19(16-25)6-4-18/h3-6,13-15,17,20H,2,7-12H2,1H3/t17-,20-. The minimum atomic E-state index is -0.0660. The van der Waals surface area contributed by atoms with Gasteiger partial charge in [0.1, 0.15) is 5.82 Å². The van der Waals surface area contributed by atoms with E-state index in [9.17, 15) is 4.39 Å². The summed E-state index contributed by atoms with van der Waals surface area (Å²) >= 11 is 0. The SMILES string of the molecule is CC[C@H]1CC[C@H](c2ccc(CCc3ccc(C#N)cc3)c(F)c2)CC1. The average Bonchev–Trinajstić information content (AvgIpc) is 2.67. The largest absolute Gasteiger partial charge is 0.207 e. The van der Waals surface area contributed by atoms with Crippen LogP contribution in [0.15, 0.2) is 42.5 Å². The second kappa shape index (κ2) is 8.30. The molecule has 1 aliphatic rings. The van der Waals surface area contributed by atoms with Crippen LogP contribution in [0.1, 0.15) is 67.2 Å². The van der Waals surface area contributed by atoms with Gasteiger partial charge in [0.05, 0.1) is 11.6 Å². The molecular formula is C23H26FN. The first-order valence-electron chi connectivity index (χ1n) is 9.47. The quantitative estimate of drug-likeness (QED) is 0.641. The molecule has 25 heavy (non-hydrogen) atoms. The number of halogens is 1. The van der Waals surface area contributed by atoms with E-state index in [1.54, 1.807) is 6.07 Å². The first-order chi connectivity index (χ1) is 12.2. The van der Waals surface area contributed by atoms with E-state index in [0.29, 0.717) is 17.9 Å². The topological polar surface area (TPSA) is 23.8 Å². The highest BCUT2D eigenvalue weighted by molar-refractivity contribution is 5.33. The fourth-order valence-electron chi connectivity index (χ4n) is 3.95. The fraction of sp³-hybridized carbons (Fsp3) is 0.435. The Bertz CT molecular complexity index is 734. The van der Waals surface area contributed by atoms with Crippen LogP contribution in [0.25, 0.3) is 0 Å². The van der Waals surface area contributed by atoms with Crippen molar-refractivity contribution in [1.82, 2.24) is 0 Å². The van der Waals surface area contributed by atoms with E-state index >= 15 is 0 Å². The second-order valence-electron chi connectivity index (χ2n) is 7.29. The van der Waals surface area contributed by atoms with Crippen LogP contribution in [0.3, 0.4) is 0 Å². The highest BCUT2D eigenvalue weighted by Crippen LogP contribution is 2.37. The molecule has 2 aromatic carbocycles. The van der Waals surface area contributed by atoms with Crippen LogP contribution < -0.4 is 0 Å². The van der Waals surface area contributed by atoms with E-state index < -0.39 is 0 Å². The van der Waals surface area contributed by atoms with Crippen LogP contribution in [-0.4, -0.2) is 0 Å². The Balaban J connectivity index is 1.61. The molecule has 1 nitrogen and oxygen atoms in total. The van der Waals surface area contributed by atoms with Crippen molar-refractivity contribution in [3.63, 3.8) is 0 Å². The Kier molecular flexibility index (Phi) is 5.87. The van der Waals surface area contributed by atoms with Crippen molar-refractivity contribution in [3.05, 3.63) is 70.5 Å². The van der Waals surface area contributed by atoms with Crippen molar-refractivity contribution < 1.29 is 4.39 Å². The third-order valence-corrected chi connectivity index (χ3v) is 5.74. The molecule has 1 saturated carbocycles. The number of hydrogen-bond donors (Lipinski definition) is 0. The number of hydrogen-bond acceptors (Lipinski definition) is 1. The average molecular weight is 335 g/mol. The Hall–Kier alpha value is -2.14. The molecule has 130 valence electrons. The van der Waals surface area contributed by atoms with Gasteiger partial charge in [0.25, 0.3) is 0 Å². The molecule has 0 aromatic heterocycles. The predicted molar refractivity (Wildman–Crippen MR) is 100.0 cm³/mol. The van der Waals surface area contributed by atoms with Gasteiger partial charge >= 0.3 is 0 Å². The molecule has 0 N–H and O–H groups in total. The second-order valence-corrected chi connectivity index (χ2v) is 7.29.